The highest BCUT2D eigenvalue weighted by molar-refractivity contribution is 8.14. The van der Waals surface area contributed by atoms with Gasteiger partial charge in [-0.25, -0.2) is 4.39 Å². The summed E-state index contributed by atoms with van der Waals surface area (Å²) in [6, 6.07) is 5.50. The topological polar surface area (TPSA) is 24.4 Å². The van der Waals surface area contributed by atoms with Crippen molar-refractivity contribution in [2.45, 2.75) is 32.2 Å². The first kappa shape index (κ1) is 12.0. The van der Waals surface area contributed by atoms with E-state index in [9.17, 15) is 4.39 Å². The maximum Gasteiger partial charge on any atom is 0.161 e. The van der Waals surface area contributed by atoms with E-state index in [1.165, 1.54) is 31.4 Å². The Labute approximate surface area is 111 Å². The Bertz CT molecular complexity index is 466. The van der Waals surface area contributed by atoms with Gasteiger partial charge in [-0.3, -0.25) is 4.99 Å². The summed E-state index contributed by atoms with van der Waals surface area (Å²) in [5.41, 5.74) is 1.73. The van der Waals surface area contributed by atoms with Gasteiger partial charge in [0.15, 0.2) is 5.17 Å². The van der Waals surface area contributed by atoms with Crippen LogP contribution in [0.25, 0.3) is 0 Å². The molecule has 1 aliphatic heterocycles. The highest BCUT2D eigenvalue weighted by Gasteiger charge is 2.30. The van der Waals surface area contributed by atoms with Gasteiger partial charge in [-0.1, -0.05) is 18.2 Å². The molecule has 18 heavy (non-hydrogen) atoms. The van der Waals surface area contributed by atoms with Crippen molar-refractivity contribution < 1.29 is 4.39 Å². The molecule has 0 spiro atoms. The summed E-state index contributed by atoms with van der Waals surface area (Å²) in [4.78, 5) is 4.74. The third-order valence-electron chi connectivity index (χ3n) is 3.63. The van der Waals surface area contributed by atoms with Crippen LogP contribution in [0.3, 0.4) is 0 Å². The van der Waals surface area contributed by atoms with Crippen molar-refractivity contribution >= 4 is 22.6 Å². The van der Waals surface area contributed by atoms with Crippen molar-refractivity contribution in [1.29, 1.82) is 0 Å². The number of rotatable bonds is 1. The Hall–Kier alpha value is -1.03. The molecule has 0 bridgehead atoms. The molecule has 0 amide bonds. The fraction of sp³-hybridized carbons (Fsp3) is 0.500. The van der Waals surface area contributed by atoms with E-state index < -0.39 is 0 Å². The molecule has 1 heterocycles. The fourth-order valence-corrected chi connectivity index (χ4v) is 3.92. The van der Waals surface area contributed by atoms with Crippen molar-refractivity contribution in [3.63, 3.8) is 0 Å². The Morgan fingerprint density at radius 3 is 3.06 bits per heavy atom. The zero-order valence-electron chi connectivity index (χ0n) is 10.4. The van der Waals surface area contributed by atoms with E-state index in [0.717, 1.165) is 28.1 Å². The number of thioether (sulfide) groups is 1. The number of nitrogens with zero attached hydrogens (tertiary/aromatic N) is 1. The summed E-state index contributed by atoms with van der Waals surface area (Å²) in [6.07, 6.45) is 3.82. The van der Waals surface area contributed by atoms with Crippen molar-refractivity contribution in [1.82, 2.24) is 0 Å². The van der Waals surface area contributed by atoms with E-state index in [2.05, 4.69) is 5.32 Å². The monoisotopic (exact) mass is 264 g/mol. The van der Waals surface area contributed by atoms with Crippen molar-refractivity contribution in [3.8, 4) is 0 Å². The minimum Gasteiger partial charge on any atom is -0.335 e. The van der Waals surface area contributed by atoms with Crippen LogP contribution in [0.15, 0.2) is 23.2 Å². The van der Waals surface area contributed by atoms with Gasteiger partial charge >= 0.3 is 0 Å². The SMILES string of the molecule is Cc1cc(F)cc(NC2=NC3CCCC3CS2)c1. The molecule has 1 saturated carbocycles. The van der Waals surface area contributed by atoms with Gasteiger partial charge in [0.1, 0.15) is 5.82 Å². The van der Waals surface area contributed by atoms with Gasteiger partial charge in [-0.2, -0.15) is 0 Å². The average molecular weight is 264 g/mol. The second kappa shape index (κ2) is 4.92. The maximum absolute atomic E-state index is 13.3. The quantitative estimate of drug-likeness (QED) is 0.834. The summed E-state index contributed by atoms with van der Waals surface area (Å²) in [5.74, 6) is 1.71. The second-order valence-electron chi connectivity index (χ2n) is 5.15. The number of fused-ring (bicyclic) bond motifs is 1. The number of amidine groups is 1. The molecule has 4 heteroatoms. The van der Waals surface area contributed by atoms with Gasteiger partial charge in [0.25, 0.3) is 0 Å². The van der Waals surface area contributed by atoms with Crippen LogP contribution in [0.1, 0.15) is 24.8 Å². The average Bonchev–Trinajstić information content (AvgIpc) is 2.74. The van der Waals surface area contributed by atoms with Crippen molar-refractivity contribution in [3.05, 3.63) is 29.6 Å². The third kappa shape index (κ3) is 2.53. The van der Waals surface area contributed by atoms with Gasteiger partial charge in [0.2, 0.25) is 0 Å². The Balaban J connectivity index is 1.76. The minimum absolute atomic E-state index is 0.197. The highest BCUT2D eigenvalue weighted by Crippen LogP contribution is 2.35. The first-order valence-corrected chi connectivity index (χ1v) is 7.44. The normalized spacial score (nSPS) is 26.7. The lowest BCUT2D eigenvalue weighted by atomic mass is 10.1. The van der Waals surface area contributed by atoms with Crippen LogP contribution in [-0.4, -0.2) is 17.0 Å². The van der Waals surface area contributed by atoms with E-state index >= 15 is 0 Å². The number of benzene rings is 1. The summed E-state index contributed by atoms with van der Waals surface area (Å²) in [6.45, 7) is 1.90. The van der Waals surface area contributed by atoms with Gasteiger partial charge in [-0.15, -0.1) is 0 Å². The largest absolute Gasteiger partial charge is 0.335 e. The van der Waals surface area contributed by atoms with E-state index in [1.54, 1.807) is 11.8 Å². The highest BCUT2D eigenvalue weighted by atomic mass is 32.2. The molecule has 1 N–H and O–H groups in total. The number of nitrogens with one attached hydrogen (secondary N) is 1. The maximum atomic E-state index is 13.3. The molecule has 1 aromatic rings. The van der Waals surface area contributed by atoms with Crippen LogP contribution in [0.2, 0.25) is 0 Å². The second-order valence-corrected chi connectivity index (χ2v) is 6.15. The Morgan fingerprint density at radius 1 is 1.33 bits per heavy atom. The van der Waals surface area contributed by atoms with Crippen LogP contribution in [-0.2, 0) is 0 Å². The lowest BCUT2D eigenvalue weighted by Gasteiger charge is -2.23. The molecule has 1 aromatic carbocycles. The molecule has 2 atom stereocenters. The Morgan fingerprint density at radius 2 is 2.22 bits per heavy atom. The molecule has 2 aliphatic rings. The summed E-state index contributed by atoms with van der Waals surface area (Å²) in [5, 5.41) is 4.20. The van der Waals surface area contributed by atoms with Gasteiger partial charge in [-0.05, 0) is 49.4 Å². The number of hydrogen-bond acceptors (Lipinski definition) is 3. The van der Waals surface area contributed by atoms with Gasteiger partial charge in [0, 0.05) is 11.4 Å². The number of halogens is 1. The molecule has 2 nitrogen and oxygen atoms in total. The number of hydrogen-bond donors (Lipinski definition) is 1. The van der Waals surface area contributed by atoms with E-state index in [4.69, 9.17) is 4.99 Å². The van der Waals surface area contributed by atoms with E-state index in [-0.39, 0.29) is 5.82 Å². The molecule has 1 aliphatic carbocycles. The standard InChI is InChI=1S/C14H17FN2S/c1-9-5-11(15)7-12(6-9)16-14-17-13-4-2-3-10(13)8-18-14/h5-7,10,13H,2-4,8H2,1H3,(H,16,17). The Kier molecular flexibility index (Phi) is 3.29. The molecular weight excluding hydrogens is 247 g/mol. The van der Waals surface area contributed by atoms with Gasteiger partial charge in [0.05, 0.1) is 6.04 Å². The van der Waals surface area contributed by atoms with Crippen LogP contribution in [0.5, 0.6) is 0 Å². The molecular formula is C14H17FN2S. The number of aryl methyl sites for hydroxylation is 1. The fourth-order valence-electron chi connectivity index (χ4n) is 2.76. The number of aliphatic imine (C=N–C) groups is 1. The number of anilines is 1. The van der Waals surface area contributed by atoms with Crippen LogP contribution >= 0.6 is 11.8 Å². The zero-order chi connectivity index (χ0) is 12.5. The smallest absolute Gasteiger partial charge is 0.161 e. The van der Waals surface area contributed by atoms with Gasteiger partial charge < -0.3 is 5.32 Å². The predicted molar refractivity (Wildman–Crippen MR) is 75.8 cm³/mol. The predicted octanol–water partition coefficient (Wildman–Crippen LogP) is 3.82. The van der Waals surface area contributed by atoms with Crippen molar-refractivity contribution in [2.75, 3.05) is 11.1 Å². The molecule has 0 aromatic heterocycles. The van der Waals surface area contributed by atoms with Crippen LogP contribution in [0.4, 0.5) is 10.1 Å². The molecule has 1 fully saturated rings. The molecule has 96 valence electrons. The first-order valence-electron chi connectivity index (χ1n) is 6.45. The van der Waals surface area contributed by atoms with Crippen molar-refractivity contribution in [2.24, 2.45) is 10.9 Å². The van der Waals surface area contributed by atoms with E-state index in [0.29, 0.717) is 6.04 Å². The summed E-state index contributed by atoms with van der Waals surface area (Å²) >= 11 is 1.76. The minimum atomic E-state index is -0.197. The first-order chi connectivity index (χ1) is 8.70. The molecule has 2 unspecified atom stereocenters. The molecule has 0 saturated heterocycles. The lowest BCUT2D eigenvalue weighted by Crippen LogP contribution is -2.25. The third-order valence-corrected chi connectivity index (χ3v) is 4.71. The van der Waals surface area contributed by atoms with Crippen LogP contribution < -0.4 is 5.32 Å². The molecule has 0 radical (unpaired) electrons. The van der Waals surface area contributed by atoms with Crippen LogP contribution in [0, 0.1) is 18.7 Å². The molecule has 3 rings (SSSR count). The summed E-state index contributed by atoms with van der Waals surface area (Å²) in [7, 11) is 0. The lowest BCUT2D eigenvalue weighted by molar-refractivity contribution is 0.535. The van der Waals surface area contributed by atoms with E-state index in [1.807, 2.05) is 13.0 Å². The summed E-state index contributed by atoms with van der Waals surface area (Å²) < 4.78 is 13.3. The zero-order valence-corrected chi connectivity index (χ0v) is 11.3.